The molecule has 0 saturated heterocycles. The SMILES string of the molecule is CC(C)(C)ONC1c2ccccc2OC1(C)C. The summed E-state index contributed by atoms with van der Waals surface area (Å²) < 4.78 is 5.93. The van der Waals surface area contributed by atoms with Gasteiger partial charge in [0.1, 0.15) is 11.4 Å². The number of para-hydroxylation sites is 1. The summed E-state index contributed by atoms with van der Waals surface area (Å²) in [6.07, 6.45) is 0. The van der Waals surface area contributed by atoms with Crippen LogP contribution in [-0.2, 0) is 4.84 Å². The Bertz CT molecular complexity index is 407. The van der Waals surface area contributed by atoms with Crippen LogP contribution in [0.4, 0.5) is 0 Å². The molecule has 0 fully saturated rings. The number of nitrogens with one attached hydrogen (secondary N) is 1. The first kappa shape index (κ1) is 12.4. The lowest BCUT2D eigenvalue weighted by Crippen LogP contribution is -2.42. The quantitative estimate of drug-likeness (QED) is 0.798. The molecule has 0 aromatic heterocycles. The molecule has 0 amide bonds. The van der Waals surface area contributed by atoms with Crippen molar-refractivity contribution in [3.05, 3.63) is 29.8 Å². The van der Waals surface area contributed by atoms with E-state index in [1.807, 2.05) is 39.0 Å². The van der Waals surface area contributed by atoms with Gasteiger partial charge in [0, 0.05) is 5.56 Å². The van der Waals surface area contributed by atoms with Crippen molar-refractivity contribution in [2.75, 3.05) is 0 Å². The monoisotopic (exact) mass is 235 g/mol. The minimum Gasteiger partial charge on any atom is -0.485 e. The summed E-state index contributed by atoms with van der Waals surface area (Å²) in [5.41, 5.74) is 3.79. The Kier molecular flexibility index (Phi) is 2.92. The highest BCUT2D eigenvalue weighted by molar-refractivity contribution is 5.41. The lowest BCUT2D eigenvalue weighted by atomic mass is 9.95. The van der Waals surface area contributed by atoms with Crippen molar-refractivity contribution in [3.63, 3.8) is 0 Å². The van der Waals surface area contributed by atoms with Crippen LogP contribution in [0.2, 0.25) is 0 Å². The van der Waals surface area contributed by atoms with Crippen LogP contribution >= 0.6 is 0 Å². The highest BCUT2D eigenvalue weighted by Crippen LogP contribution is 2.42. The Labute approximate surface area is 103 Å². The molecule has 2 rings (SSSR count). The molecule has 1 aliphatic heterocycles. The second-order valence-electron chi connectivity index (χ2n) is 6.01. The first-order valence-electron chi connectivity index (χ1n) is 6.01. The third-order valence-corrected chi connectivity index (χ3v) is 2.78. The number of hydroxylamine groups is 1. The molecule has 1 N–H and O–H groups in total. The maximum Gasteiger partial charge on any atom is 0.125 e. The standard InChI is InChI=1S/C14H21NO2/c1-13(2,3)17-15-12-10-8-6-7-9-11(10)16-14(12,4)5/h6-9,12,15H,1-5H3. The van der Waals surface area contributed by atoms with Gasteiger partial charge in [-0.05, 0) is 40.7 Å². The molecule has 3 nitrogen and oxygen atoms in total. The number of ether oxygens (including phenoxy) is 1. The average molecular weight is 235 g/mol. The van der Waals surface area contributed by atoms with E-state index in [1.165, 1.54) is 0 Å². The van der Waals surface area contributed by atoms with Crippen LogP contribution in [0.1, 0.15) is 46.2 Å². The molecule has 0 bridgehead atoms. The Morgan fingerprint density at radius 2 is 1.88 bits per heavy atom. The van der Waals surface area contributed by atoms with Crippen molar-refractivity contribution in [3.8, 4) is 5.75 Å². The maximum atomic E-state index is 5.93. The van der Waals surface area contributed by atoms with Crippen molar-refractivity contribution < 1.29 is 9.57 Å². The second-order valence-corrected chi connectivity index (χ2v) is 6.01. The summed E-state index contributed by atoms with van der Waals surface area (Å²) in [7, 11) is 0. The van der Waals surface area contributed by atoms with E-state index in [9.17, 15) is 0 Å². The number of rotatable bonds is 2. The minimum atomic E-state index is -0.297. The van der Waals surface area contributed by atoms with Gasteiger partial charge in [0.05, 0.1) is 11.6 Å². The Hall–Kier alpha value is -1.06. The van der Waals surface area contributed by atoms with Crippen LogP contribution in [0.5, 0.6) is 5.75 Å². The van der Waals surface area contributed by atoms with Gasteiger partial charge in [-0.3, -0.25) is 4.84 Å². The molecule has 1 aromatic rings. The van der Waals surface area contributed by atoms with Gasteiger partial charge in [0.2, 0.25) is 0 Å². The van der Waals surface area contributed by atoms with Gasteiger partial charge in [-0.2, -0.15) is 5.48 Å². The largest absolute Gasteiger partial charge is 0.485 e. The number of hydrogen-bond donors (Lipinski definition) is 1. The first-order chi connectivity index (χ1) is 7.80. The molecule has 1 heterocycles. The van der Waals surface area contributed by atoms with Crippen LogP contribution in [-0.4, -0.2) is 11.2 Å². The van der Waals surface area contributed by atoms with Crippen LogP contribution in [0.25, 0.3) is 0 Å². The predicted molar refractivity (Wildman–Crippen MR) is 67.9 cm³/mol. The van der Waals surface area contributed by atoms with Crippen LogP contribution in [0.15, 0.2) is 24.3 Å². The third kappa shape index (κ3) is 2.61. The fourth-order valence-corrected chi connectivity index (χ4v) is 1.97. The molecule has 1 aromatic carbocycles. The lowest BCUT2D eigenvalue weighted by Gasteiger charge is -2.30. The van der Waals surface area contributed by atoms with E-state index in [0.29, 0.717) is 0 Å². The summed E-state index contributed by atoms with van der Waals surface area (Å²) in [5.74, 6) is 0.938. The van der Waals surface area contributed by atoms with Gasteiger partial charge in [0.25, 0.3) is 0 Å². The summed E-state index contributed by atoms with van der Waals surface area (Å²) in [4.78, 5) is 5.68. The van der Waals surface area contributed by atoms with Gasteiger partial charge in [-0.25, -0.2) is 0 Å². The number of fused-ring (bicyclic) bond motifs is 1. The van der Waals surface area contributed by atoms with Gasteiger partial charge in [-0.15, -0.1) is 0 Å². The molecule has 1 unspecified atom stereocenters. The maximum absolute atomic E-state index is 5.93. The molecule has 0 aliphatic carbocycles. The molecular weight excluding hydrogens is 214 g/mol. The van der Waals surface area contributed by atoms with E-state index in [1.54, 1.807) is 0 Å². The highest BCUT2D eigenvalue weighted by atomic mass is 16.7. The molecular formula is C14H21NO2. The molecule has 3 heteroatoms. The second kappa shape index (κ2) is 4.00. The summed E-state index contributed by atoms with van der Waals surface area (Å²) >= 11 is 0. The summed E-state index contributed by atoms with van der Waals surface area (Å²) in [5, 5.41) is 0. The van der Waals surface area contributed by atoms with Gasteiger partial charge < -0.3 is 4.74 Å². The minimum absolute atomic E-state index is 0.0536. The van der Waals surface area contributed by atoms with Crippen molar-refractivity contribution in [2.24, 2.45) is 0 Å². The molecule has 0 radical (unpaired) electrons. The van der Waals surface area contributed by atoms with E-state index in [0.717, 1.165) is 11.3 Å². The van der Waals surface area contributed by atoms with Gasteiger partial charge >= 0.3 is 0 Å². The van der Waals surface area contributed by atoms with Crippen molar-refractivity contribution in [1.82, 2.24) is 5.48 Å². The van der Waals surface area contributed by atoms with Crippen LogP contribution in [0.3, 0.4) is 0 Å². The van der Waals surface area contributed by atoms with E-state index < -0.39 is 0 Å². The molecule has 1 atom stereocenters. The van der Waals surface area contributed by atoms with Crippen LogP contribution < -0.4 is 10.2 Å². The van der Waals surface area contributed by atoms with Crippen LogP contribution in [0, 0.1) is 0 Å². The zero-order valence-corrected chi connectivity index (χ0v) is 11.2. The third-order valence-electron chi connectivity index (χ3n) is 2.78. The van der Waals surface area contributed by atoms with Crippen molar-refractivity contribution >= 4 is 0 Å². The summed E-state index contributed by atoms with van der Waals surface area (Å²) in [6, 6.07) is 8.14. The number of benzene rings is 1. The number of hydrogen-bond acceptors (Lipinski definition) is 3. The first-order valence-corrected chi connectivity index (χ1v) is 6.01. The zero-order chi connectivity index (χ0) is 12.7. The predicted octanol–water partition coefficient (Wildman–Crippen LogP) is 3.22. The highest BCUT2D eigenvalue weighted by Gasteiger charge is 2.41. The molecule has 94 valence electrons. The molecule has 0 saturated carbocycles. The fraction of sp³-hybridized carbons (Fsp3) is 0.571. The Morgan fingerprint density at radius 3 is 2.53 bits per heavy atom. The lowest BCUT2D eigenvalue weighted by molar-refractivity contribution is -0.110. The Morgan fingerprint density at radius 1 is 1.24 bits per heavy atom. The molecule has 0 spiro atoms. The van der Waals surface area contributed by atoms with Gasteiger partial charge in [-0.1, -0.05) is 18.2 Å². The van der Waals surface area contributed by atoms with Crippen molar-refractivity contribution in [1.29, 1.82) is 0 Å². The van der Waals surface area contributed by atoms with Gasteiger partial charge in [0.15, 0.2) is 0 Å². The van der Waals surface area contributed by atoms with E-state index >= 15 is 0 Å². The van der Waals surface area contributed by atoms with Crippen molar-refractivity contribution in [2.45, 2.75) is 51.9 Å². The smallest absolute Gasteiger partial charge is 0.125 e. The summed E-state index contributed by atoms with van der Waals surface area (Å²) in [6.45, 7) is 10.2. The van der Waals surface area contributed by atoms with E-state index in [4.69, 9.17) is 9.57 Å². The topological polar surface area (TPSA) is 30.5 Å². The average Bonchev–Trinajstić information content (AvgIpc) is 2.43. The Balaban J connectivity index is 2.20. The fourth-order valence-electron chi connectivity index (χ4n) is 1.97. The molecule has 1 aliphatic rings. The van der Waals surface area contributed by atoms with E-state index in [-0.39, 0.29) is 17.2 Å². The van der Waals surface area contributed by atoms with E-state index in [2.05, 4.69) is 25.4 Å². The normalized spacial score (nSPS) is 22.1. The molecule has 17 heavy (non-hydrogen) atoms. The zero-order valence-electron chi connectivity index (χ0n) is 11.2.